The van der Waals surface area contributed by atoms with Crippen LogP contribution in [0.2, 0.25) is 0 Å². The fourth-order valence-corrected chi connectivity index (χ4v) is 4.15. The van der Waals surface area contributed by atoms with Gasteiger partial charge in [0.2, 0.25) is 17.6 Å². The fourth-order valence-electron chi connectivity index (χ4n) is 4.15. The summed E-state index contributed by atoms with van der Waals surface area (Å²) in [6.07, 6.45) is 1.58. The van der Waals surface area contributed by atoms with Gasteiger partial charge in [-0.15, -0.1) is 0 Å². The minimum absolute atomic E-state index is 0.0808. The molecule has 0 radical (unpaired) electrons. The molecule has 0 bridgehead atoms. The molecule has 36 heavy (non-hydrogen) atoms. The molecule has 7 heteroatoms. The predicted octanol–water partition coefficient (Wildman–Crippen LogP) is 5.52. The molecule has 0 aliphatic heterocycles. The van der Waals surface area contributed by atoms with Crippen LogP contribution in [-0.4, -0.2) is 41.7 Å². The summed E-state index contributed by atoms with van der Waals surface area (Å²) >= 11 is 0. The number of methoxy groups -OCH3 is 2. The molecule has 0 N–H and O–H groups in total. The summed E-state index contributed by atoms with van der Waals surface area (Å²) in [4.78, 5) is 19.8. The molecule has 0 aliphatic carbocycles. The van der Waals surface area contributed by atoms with Crippen LogP contribution in [0, 0.1) is 0 Å². The Balaban J connectivity index is 1.47. The Morgan fingerprint density at radius 3 is 2.31 bits per heavy atom. The van der Waals surface area contributed by atoms with E-state index in [2.05, 4.69) is 17.1 Å². The van der Waals surface area contributed by atoms with Crippen LogP contribution in [0.4, 0.5) is 0 Å². The van der Waals surface area contributed by atoms with Gasteiger partial charge in [0.25, 0.3) is 0 Å². The molecule has 1 aromatic heterocycles. The zero-order valence-corrected chi connectivity index (χ0v) is 20.9. The molecule has 1 unspecified atom stereocenters. The number of aromatic nitrogens is 2. The smallest absolute Gasteiger partial charge is 0.228 e. The van der Waals surface area contributed by atoms with Crippen LogP contribution in [0.3, 0.4) is 0 Å². The van der Waals surface area contributed by atoms with Gasteiger partial charge in [-0.05, 0) is 42.7 Å². The Labute approximate surface area is 211 Å². The maximum absolute atomic E-state index is 13.3. The topological polar surface area (TPSA) is 77.7 Å². The molecule has 3 aromatic carbocycles. The number of carbonyl (C=O) groups is 1. The van der Waals surface area contributed by atoms with Crippen LogP contribution in [0.1, 0.15) is 36.4 Å². The van der Waals surface area contributed by atoms with Gasteiger partial charge in [0, 0.05) is 24.9 Å². The molecule has 0 aliphatic rings. The third-order valence-electron chi connectivity index (χ3n) is 6.22. The van der Waals surface area contributed by atoms with Crippen molar-refractivity contribution in [2.24, 2.45) is 0 Å². The lowest BCUT2D eigenvalue weighted by Gasteiger charge is -2.29. The van der Waals surface area contributed by atoms with Crippen molar-refractivity contribution in [2.45, 2.75) is 32.2 Å². The van der Waals surface area contributed by atoms with Crippen LogP contribution in [-0.2, 0) is 17.6 Å². The third-order valence-corrected chi connectivity index (χ3v) is 6.22. The van der Waals surface area contributed by atoms with E-state index in [1.807, 2.05) is 77.7 Å². The maximum atomic E-state index is 13.3. The van der Waals surface area contributed by atoms with E-state index >= 15 is 0 Å². The van der Waals surface area contributed by atoms with Gasteiger partial charge in [-0.3, -0.25) is 4.79 Å². The average Bonchev–Trinajstić information content (AvgIpc) is 3.41. The number of rotatable bonds is 11. The van der Waals surface area contributed by atoms with Crippen LogP contribution in [0.5, 0.6) is 11.5 Å². The number of hydrogen-bond donors (Lipinski definition) is 0. The molecule has 0 saturated heterocycles. The first-order valence-corrected chi connectivity index (χ1v) is 12.0. The van der Waals surface area contributed by atoms with Crippen molar-refractivity contribution in [1.82, 2.24) is 15.0 Å². The second-order valence-electron chi connectivity index (χ2n) is 8.49. The number of carbonyl (C=O) groups excluding carboxylic acids is 1. The zero-order chi connectivity index (χ0) is 25.3. The molecule has 4 rings (SSSR count). The van der Waals surface area contributed by atoms with Crippen molar-refractivity contribution in [3.05, 3.63) is 95.9 Å². The molecular formula is C29H31N3O4. The molecule has 0 saturated carbocycles. The van der Waals surface area contributed by atoms with Gasteiger partial charge in [-0.25, -0.2) is 0 Å². The number of nitrogens with zero attached hydrogens (tertiary/aromatic N) is 3. The number of benzene rings is 3. The lowest BCUT2D eigenvalue weighted by molar-refractivity contribution is -0.133. The molecule has 0 fully saturated rings. The zero-order valence-electron chi connectivity index (χ0n) is 20.9. The van der Waals surface area contributed by atoms with E-state index in [4.69, 9.17) is 14.0 Å². The summed E-state index contributed by atoms with van der Waals surface area (Å²) in [6, 6.07) is 25.5. The van der Waals surface area contributed by atoms with E-state index < -0.39 is 0 Å². The number of aryl methyl sites for hydroxylation is 1. The summed E-state index contributed by atoms with van der Waals surface area (Å²) in [7, 11) is 3.17. The van der Waals surface area contributed by atoms with Crippen LogP contribution >= 0.6 is 0 Å². The first-order chi connectivity index (χ1) is 17.6. The highest BCUT2D eigenvalue weighted by Gasteiger charge is 2.22. The molecule has 186 valence electrons. The minimum atomic E-state index is -0.0808. The lowest BCUT2D eigenvalue weighted by atomic mass is 10.0. The van der Waals surface area contributed by atoms with E-state index in [-0.39, 0.29) is 11.9 Å². The van der Waals surface area contributed by atoms with Gasteiger partial charge >= 0.3 is 0 Å². The van der Waals surface area contributed by atoms with Crippen molar-refractivity contribution in [1.29, 1.82) is 0 Å². The molecular weight excluding hydrogens is 454 g/mol. The van der Waals surface area contributed by atoms with Crippen LogP contribution in [0.25, 0.3) is 11.4 Å². The summed E-state index contributed by atoms with van der Waals surface area (Å²) in [5.41, 5.74) is 2.99. The first kappa shape index (κ1) is 25.0. The van der Waals surface area contributed by atoms with Crippen molar-refractivity contribution < 1.29 is 18.8 Å². The second kappa shape index (κ2) is 12.0. The quantitative estimate of drug-likeness (QED) is 0.278. The largest absolute Gasteiger partial charge is 0.493 e. The molecule has 1 atom stereocenters. The monoisotopic (exact) mass is 485 g/mol. The highest BCUT2D eigenvalue weighted by Crippen LogP contribution is 2.31. The number of hydrogen-bond acceptors (Lipinski definition) is 6. The Morgan fingerprint density at radius 2 is 1.61 bits per heavy atom. The second-order valence-corrected chi connectivity index (χ2v) is 8.49. The van der Waals surface area contributed by atoms with Crippen LogP contribution < -0.4 is 9.47 Å². The summed E-state index contributed by atoms with van der Waals surface area (Å²) < 4.78 is 16.2. The summed E-state index contributed by atoms with van der Waals surface area (Å²) in [5, 5.41) is 4.13. The summed E-state index contributed by atoms with van der Waals surface area (Å²) in [5.74, 6) is 2.25. The highest BCUT2D eigenvalue weighted by molar-refractivity contribution is 5.77. The van der Waals surface area contributed by atoms with E-state index in [1.165, 1.54) is 0 Å². The van der Waals surface area contributed by atoms with Gasteiger partial charge in [-0.2, -0.15) is 4.98 Å². The average molecular weight is 486 g/mol. The maximum Gasteiger partial charge on any atom is 0.228 e. The minimum Gasteiger partial charge on any atom is -0.493 e. The molecule has 1 heterocycles. The summed E-state index contributed by atoms with van der Waals surface area (Å²) in [6.45, 7) is 2.52. The Hall–Kier alpha value is -4.13. The molecule has 7 nitrogen and oxygen atoms in total. The number of amides is 1. The fraction of sp³-hybridized carbons (Fsp3) is 0.276. The van der Waals surface area contributed by atoms with Gasteiger partial charge in [0.15, 0.2) is 11.5 Å². The highest BCUT2D eigenvalue weighted by atomic mass is 16.5. The Morgan fingerprint density at radius 1 is 0.917 bits per heavy atom. The van der Waals surface area contributed by atoms with Crippen molar-refractivity contribution in [3.8, 4) is 22.9 Å². The van der Waals surface area contributed by atoms with Gasteiger partial charge in [-0.1, -0.05) is 65.8 Å². The molecule has 4 aromatic rings. The van der Waals surface area contributed by atoms with E-state index in [9.17, 15) is 4.79 Å². The van der Waals surface area contributed by atoms with Gasteiger partial charge in [0.1, 0.15) is 0 Å². The number of ether oxygens (including phenoxy) is 2. The van der Waals surface area contributed by atoms with Crippen molar-refractivity contribution in [2.75, 3.05) is 20.8 Å². The standard InChI is InChI=1S/C29H31N3O4/c1-21(23-12-8-5-9-13-23)32(28(33)17-14-22-10-6-4-7-11-22)19-18-27-30-29(31-36-27)24-15-16-25(34-2)26(20-24)35-3/h4-13,15-16,20-21H,14,17-19H2,1-3H3. The normalized spacial score (nSPS) is 11.6. The van der Waals surface area contributed by atoms with Gasteiger partial charge in [0.05, 0.1) is 20.3 Å². The third kappa shape index (κ3) is 6.10. The van der Waals surface area contributed by atoms with E-state index in [1.54, 1.807) is 20.3 Å². The van der Waals surface area contributed by atoms with Crippen LogP contribution in [0.15, 0.2) is 83.4 Å². The lowest BCUT2D eigenvalue weighted by Crippen LogP contribution is -2.35. The Kier molecular flexibility index (Phi) is 8.34. The molecule has 1 amide bonds. The van der Waals surface area contributed by atoms with E-state index in [0.29, 0.717) is 49.0 Å². The Bertz CT molecular complexity index is 1260. The molecule has 0 spiro atoms. The van der Waals surface area contributed by atoms with Crippen molar-refractivity contribution >= 4 is 5.91 Å². The predicted molar refractivity (Wildman–Crippen MR) is 138 cm³/mol. The van der Waals surface area contributed by atoms with E-state index in [0.717, 1.165) is 16.7 Å². The first-order valence-electron chi connectivity index (χ1n) is 12.0. The SMILES string of the molecule is COc1ccc(-c2noc(CCN(C(=O)CCc3ccccc3)C(C)c3ccccc3)n2)cc1OC. The van der Waals surface area contributed by atoms with Crippen molar-refractivity contribution in [3.63, 3.8) is 0 Å². The van der Waals surface area contributed by atoms with Gasteiger partial charge < -0.3 is 18.9 Å².